The quantitative estimate of drug-likeness (QED) is 0.695. The first-order chi connectivity index (χ1) is 14.4. The van der Waals surface area contributed by atoms with Crippen molar-refractivity contribution in [2.45, 2.75) is 31.6 Å². The molecule has 3 aliphatic heterocycles. The van der Waals surface area contributed by atoms with E-state index in [0.29, 0.717) is 30.4 Å². The van der Waals surface area contributed by atoms with Crippen LogP contribution in [-0.2, 0) is 27.3 Å². The minimum absolute atomic E-state index is 0.161. The molecule has 2 amide bonds. The number of hydrogen-bond donors (Lipinski definition) is 0. The smallest absolute Gasteiger partial charge is 0.235 e. The zero-order valence-corrected chi connectivity index (χ0v) is 16.6. The van der Waals surface area contributed by atoms with E-state index >= 15 is 0 Å². The Balaban J connectivity index is 1.39. The normalized spacial score (nSPS) is 29.0. The first-order valence-electron chi connectivity index (χ1n) is 9.92. The Labute approximate surface area is 172 Å². The fourth-order valence-electron chi connectivity index (χ4n) is 4.65. The number of carbonyl (C=O) groups is 2. The molecule has 1 aromatic carbocycles. The number of fused-ring (bicyclic) bond motifs is 1. The molecule has 0 saturated carbocycles. The van der Waals surface area contributed by atoms with E-state index < -0.39 is 23.5 Å². The minimum atomic E-state index is -0.836. The number of halogens is 1. The van der Waals surface area contributed by atoms with Gasteiger partial charge in [-0.2, -0.15) is 0 Å². The Hall–Kier alpha value is -3.07. The molecular formula is C21H21FN4O4. The van der Waals surface area contributed by atoms with Gasteiger partial charge in [-0.15, -0.1) is 10.2 Å². The molecule has 4 atom stereocenters. The van der Waals surface area contributed by atoms with Crippen molar-refractivity contribution in [3.8, 4) is 0 Å². The third-order valence-corrected chi connectivity index (χ3v) is 6.08. The lowest BCUT2D eigenvalue weighted by molar-refractivity contribution is -0.139. The number of nitrogens with zero attached hydrogens (tertiary/aromatic N) is 4. The second-order valence-electron chi connectivity index (χ2n) is 7.94. The van der Waals surface area contributed by atoms with Gasteiger partial charge in [0.2, 0.25) is 23.6 Å². The highest BCUT2D eigenvalue weighted by Gasteiger charge is 2.67. The summed E-state index contributed by atoms with van der Waals surface area (Å²) in [6, 6.07) is 5.75. The van der Waals surface area contributed by atoms with Crippen molar-refractivity contribution in [3.63, 3.8) is 0 Å². The van der Waals surface area contributed by atoms with Crippen LogP contribution in [0.2, 0.25) is 0 Å². The van der Waals surface area contributed by atoms with Gasteiger partial charge in [-0.3, -0.25) is 9.59 Å². The van der Waals surface area contributed by atoms with Crippen LogP contribution in [0.5, 0.6) is 0 Å². The van der Waals surface area contributed by atoms with E-state index in [4.69, 9.17) is 9.15 Å². The molecule has 2 saturated heterocycles. The lowest BCUT2D eigenvalue weighted by Gasteiger charge is -2.27. The summed E-state index contributed by atoms with van der Waals surface area (Å²) >= 11 is 0. The molecule has 3 aliphatic rings. The number of benzene rings is 1. The van der Waals surface area contributed by atoms with E-state index in [1.165, 1.54) is 17.0 Å². The summed E-state index contributed by atoms with van der Waals surface area (Å²) in [5, 5.41) is 7.88. The highest BCUT2D eigenvalue weighted by molar-refractivity contribution is 6.03. The van der Waals surface area contributed by atoms with Crippen molar-refractivity contribution in [1.82, 2.24) is 15.1 Å². The summed E-state index contributed by atoms with van der Waals surface area (Å²) in [6.45, 7) is 2.36. The Morgan fingerprint density at radius 1 is 1.30 bits per heavy atom. The fraction of sp³-hybridized carbons (Fsp3) is 0.429. The largest absolute Gasteiger partial charge is 0.423 e. The molecule has 1 spiro atoms. The van der Waals surface area contributed by atoms with E-state index in [0.717, 1.165) is 0 Å². The molecular weight excluding hydrogens is 391 g/mol. The number of hydrogen-bond acceptors (Lipinski definition) is 6. The predicted molar refractivity (Wildman–Crippen MR) is 103 cm³/mol. The first kappa shape index (κ1) is 18.9. The average molecular weight is 412 g/mol. The molecule has 2 bridgehead atoms. The van der Waals surface area contributed by atoms with Gasteiger partial charge in [0.1, 0.15) is 11.4 Å². The Kier molecular flexibility index (Phi) is 4.25. The standard InChI is InChI=1S/C21H21FN4O4/c1-3-15-23-24-16(29-15)10-25(2)19(27)17-14-8-9-21(30-14)11-26(20(28)18(17)21)13-6-4-12(22)5-7-13/h4-9,14,17-18H,3,10-11H2,1-2H3/t14-,17+,18+,21-/m0/s1. The van der Waals surface area contributed by atoms with Gasteiger partial charge in [-0.1, -0.05) is 19.1 Å². The Morgan fingerprint density at radius 3 is 2.73 bits per heavy atom. The Bertz CT molecular complexity index is 1040. The predicted octanol–water partition coefficient (Wildman–Crippen LogP) is 1.72. The van der Waals surface area contributed by atoms with Gasteiger partial charge in [0.15, 0.2) is 0 Å². The number of anilines is 1. The van der Waals surface area contributed by atoms with Crippen molar-refractivity contribution >= 4 is 17.5 Å². The monoisotopic (exact) mass is 412 g/mol. The van der Waals surface area contributed by atoms with Crippen LogP contribution >= 0.6 is 0 Å². The fourth-order valence-corrected chi connectivity index (χ4v) is 4.65. The summed E-state index contributed by atoms with van der Waals surface area (Å²) in [5.74, 6) is -1.16. The molecule has 30 heavy (non-hydrogen) atoms. The van der Waals surface area contributed by atoms with Crippen molar-refractivity contribution in [2.24, 2.45) is 11.8 Å². The number of amides is 2. The summed E-state index contributed by atoms with van der Waals surface area (Å²) in [5.41, 5.74) is -0.250. The molecule has 8 nitrogen and oxygen atoms in total. The number of rotatable bonds is 5. The molecule has 5 rings (SSSR count). The lowest BCUT2D eigenvalue weighted by Crippen LogP contribution is -2.44. The lowest BCUT2D eigenvalue weighted by atomic mass is 9.76. The van der Waals surface area contributed by atoms with Crippen LogP contribution in [0.4, 0.5) is 10.1 Å². The second kappa shape index (κ2) is 6.73. The van der Waals surface area contributed by atoms with Crippen molar-refractivity contribution in [3.05, 3.63) is 54.0 Å². The molecule has 4 heterocycles. The maximum absolute atomic E-state index is 13.3. The van der Waals surface area contributed by atoms with Gasteiger partial charge < -0.3 is 19.0 Å². The number of aromatic nitrogens is 2. The summed E-state index contributed by atoms with van der Waals surface area (Å²) < 4.78 is 24.9. The van der Waals surface area contributed by atoms with Crippen LogP contribution in [0.1, 0.15) is 18.7 Å². The van der Waals surface area contributed by atoms with Crippen LogP contribution < -0.4 is 4.90 Å². The highest BCUT2D eigenvalue weighted by Crippen LogP contribution is 2.53. The topological polar surface area (TPSA) is 88.8 Å². The summed E-state index contributed by atoms with van der Waals surface area (Å²) in [4.78, 5) is 29.7. The number of aryl methyl sites for hydroxylation is 1. The third-order valence-electron chi connectivity index (χ3n) is 6.08. The molecule has 0 unspecified atom stereocenters. The SMILES string of the molecule is CCc1nnc(CN(C)C(=O)[C@@H]2[C@@H]3C=C[C@@]4(CN(c5ccc(F)cc5)C(=O)[C@@H]24)O3)o1. The van der Waals surface area contributed by atoms with Gasteiger partial charge in [-0.05, 0) is 24.3 Å². The zero-order chi connectivity index (χ0) is 21.0. The van der Waals surface area contributed by atoms with E-state index in [9.17, 15) is 14.0 Å². The van der Waals surface area contributed by atoms with Crippen molar-refractivity contribution in [2.75, 3.05) is 18.5 Å². The van der Waals surface area contributed by atoms with Crippen LogP contribution in [0.3, 0.4) is 0 Å². The molecule has 2 aromatic rings. The molecule has 9 heteroatoms. The maximum Gasteiger partial charge on any atom is 0.235 e. The van der Waals surface area contributed by atoms with Crippen LogP contribution in [0, 0.1) is 17.7 Å². The van der Waals surface area contributed by atoms with E-state index in [1.807, 2.05) is 19.1 Å². The highest BCUT2D eigenvalue weighted by atomic mass is 19.1. The van der Waals surface area contributed by atoms with E-state index in [-0.39, 0.29) is 24.2 Å². The molecule has 0 aliphatic carbocycles. The average Bonchev–Trinajstić information content (AvgIpc) is 3.49. The number of ether oxygens (including phenoxy) is 1. The van der Waals surface area contributed by atoms with Crippen LogP contribution in [-0.4, -0.2) is 52.2 Å². The minimum Gasteiger partial charge on any atom is -0.423 e. The maximum atomic E-state index is 13.3. The van der Waals surface area contributed by atoms with Gasteiger partial charge >= 0.3 is 0 Å². The number of carbonyl (C=O) groups excluding carboxylic acids is 2. The van der Waals surface area contributed by atoms with E-state index in [1.54, 1.807) is 24.1 Å². The van der Waals surface area contributed by atoms with Gasteiger partial charge in [0.25, 0.3) is 0 Å². The molecule has 156 valence electrons. The third kappa shape index (κ3) is 2.76. The van der Waals surface area contributed by atoms with Crippen molar-refractivity contribution in [1.29, 1.82) is 0 Å². The zero-order valence-electron chi connectivity index (χ0n) is 16.6. The van der Waals surface area contributed by atoms with Crippen LogP contribution in [0.25, 0.3) is 0 Å². The second-order valence-corrected chi connectivity index (χ2v) is 7.94. The van der Waals surface area contributed by atoms with Gasteiger partial charge in [-0.25, -0.2) is 4.39 Å². The molecule has 0 radical (unpaired) electrons. The molecule has 0 N–H and O–H groups in total. The van der Waals surface area contributed by atoms with Gasteiger partial charge in [0.05, 0.1) is 31.0 Å². The first-order valence-corrected chi connectivity index (χ1v) is 9.92. The van der Waals surface area contributed by atoms with Crippen molar-refractivity contribution < 1.29 is 23.1 Å². The molecule has 2 fully saturated rings. The van der Waals surface area contributed by atoms with Crippen LogP contribution in [0.15, 0.2) is 40.8 Å². The van der Waals surface area contributed by atoms with E-state index in [2.05, 4.69) is 10.2 Å². The Morgan fingerprint density at radius 2 is 2.03 bits per heavy atom. The summed E-state index contributed by atoms with van der Waals surface area (Å²) in [7, 11) is 1.65. The molecule has 1 aromatic heterocycles. The summed E-state index contributed by atoms with van der Waals surface area (Å²) in [6.07, 6.45) is 3.92. The van der Waals surface area contributed by atoms with Gasteiger partial charge in [0, 0.05) is 19.2 Å².